The van der Waals surface area contributed by atoms with Gasteiger partial charge in [0.25, 0.3) is 5.91 Å². The molecule has 0 aliphatic carbocycles. The van der Waals surface area contributed by atoms with Crippen LogP contribution >= 0.6 is 0 Å². The number of carbonyl (C=O) groups is 1. The minimum atomic E-state index is -0.597. The summed E-state index contributed by atoms with van der Waals surface area (Å²) in [6.07, 6.45) is 0. The average molecular weight is 400 g/mol. The SMILES string of the molecule is COc1ccc(-c2nonc2NC(=O)COc2ccccc2[N+](=O)[O-])cc1OC. The molecule has 29 heavy (non-hydrogen) atoms. The van der Waals surface area contributed by atoms with Crippen LogP contribution in [-0.4, -0.2) is 42.0 Å². The number of nitro groups is 1. The van der Waals surface area contributed by atoms with Gasteiger partial charge in [-0.25, -0.2) is 4.63 Å². The summed E-state index contributed by atoms with van der Waals surface area (Å²) in [7, 11) is 3.00. The van der Waals surface area contributed by atoms with Crippen molar-refractivity contribution in [2.75, 3.05) is 26.1 Å². The van der Waals surface area contributed by atoms with E-state index in [0.29, 0.717) is 17.1 Å². The normalized spacial score (nSPS) is 10.3. The third-order valence-electron chi connectivity index (χ3n) is 3.82. The third-order valence-corrected chi connectivity index (χ3v) is 3.82. The minimum Gasteiger partial charge on any atom is -0.493 e. The fraction of sp³-hybridized carbons (Fsp3) is 0.167. The van der Waals surface area contributed by atoms with Gasteiger partial charge in [-0.15, -0.1) is 0 Å². The maximum absolute atomic E-state index is 12.2. The number of nitrogens with zero attached hydrogens (tertiary/aromatic N) is 3. The Bertz CT molecular complexity index is 1030. The van der Waals surface area contributed by atoms with Gasteiger partial charge in [0.1, 0.15) is 0 Å². The minimum absolute atomic E-state index is 0.0222. The van der Waals surface area contributed by atoms with Gasteiger partial charge in [-0.3, -0.25) is 14.9 Å². The number of hydrogen-bond acceptors (Lipinski definition) is 9. The molecule has 0 fully saturated rings. The van der Waals surface area contributed by atoms with Gasteiger partial charge in [0.2, 0.25) is 5.82 Å². The molecule has 150 valence electrons. The molecule has 0 saturated heterocycles. The van der Waals surface area contributed by atoms with Crippen molar-refractivity contribution in [2.24, 2.45) is 0 Å². The summed E-state index contributed by atoms with van der Waals surface area (Å²) in [6.45, 7) is -0.469. The van der Waals surface area contributed by atoms with Crippen molar-refractivity contribution in [3.05, 3.63) is 52.6 Å². The lowest BCUT2D eigenvalue weighted by molar-refractivity contribution is -0.385. The highest BCUT2D eigenvalue weighted by Crippen LogP contribution is 2.34. The first-order chi connectivity index (χ1) is 14.0. The number of nitrogens with one attached hydrogen (secondary N) is 1. The van der Waals surface area contributed by atoms with E-state index in [1.165, 1.54) is 32.4 Å². The maximum Gasteiger partial charge on any atom is 0.310 e. The smallest absolute Gasteiger partial charge is 0.310 e. The highest BCUT2D eigenvalue weighted by atomic mass is 16.6. The van der Waals surface area contributed by atoms with Gasteiger partial charge < -0.3 is 19.5 Å². The fourth-order valence-electron chi connectivity index (χ4n) is 2.48. The molecular formula is C18H16N4O7. The Morgan fingerprint density at radius 2 is 1.86 bits per heavy atom. The number of benzene rings is 2. The molecule has 0 unspecified atom stereocenters. The second-order valence-corrected chi connectivity index (χ2v) is 5.59. The number of aromatic nitrogens is 2. The van der Waals surface area contributed by atoms with Gasteiger partial charge in [-0.2, -0.15) is 0 Å². The number of methoxy groups -OCH3 is 2. The maximum atomic E-state index is 12.2. The van der Waals surface area contributed by atoms with Crippen molar-refractivity contribution in [1.82, 2.24) is 10.3 Å². The zero-order valence-corrected chi connectivity index (χ0v) is 15.4. The zero-order valence-electron chi connectivity index (χ0n) is 15.4. The van der Waals surface area contributed by atoms with E-state index in [9.17, 15) is 14.9 Å². The van der Waals surface area contributed by atoms with Gasteiger partial charge in [0.05, 0.1) is 19.1 Å². The molecular weight excluding hydrogens is 384 g/mol. The number of carbonyl (C=O) groups excluding carboxylic acids is 1. The Morgan fingerprint density at radius 3 is 2.59 bits per heavy atom. The molecule has 2 aromatic carbocycles. The van der Waals surface area contributed by atoms with Crippen molar-refractivity contribution in [1.29, 1.82) is 0 Å². The van der Waals surface area contributed by atoms with Crippen molar-refractivity contribution < 1.29 is 28.6 Å². The number of nitro benzene ring substituents is 1. The number of anilines is 1. The van der Waals surface area contributed by atoms with Crippen LogP contribution in [0.15, 0.2) is 47.1 Å². The van der Waals surface area contributed by atoms with Crippen molar-refractivity contribution >= 4 is 17.4 Å². The molecule has 0 radical (unpaired) electrons. The molecule has 0 bridgehead atoms. The van der Waals surface area contributed by atoms with E-state index in [1.54, 1.807) is 24.3 Å². The predicted octanol–water partition coefficient (Wildman–Crippen LogP) is 2.68. The van der Waals surface area contributed by atoms with Gasteiger partial charge in [-0.05, 0) is 34.6 Å². The Kier molecular flexibility index (Phi) is 5.88. The topological polar surface area (TPSA) is 139 Å². The van der Waals surface area contributed by atoms with Gasteiger partial charge in [-0.1, -0.05) is 12.1 Å². The Balaban J connectivity index is 1.72. The molecule has 0 aliphatic rings. The lowest BCUT2D eigenvalue weighted by atomic mass is 10.1. The van der Waals surface area contributed by atoms with E-state index in [2.05, 4.69) is 15.6 Å². The third kappa shape index (κ3) is 4.40. The molecule has 1 N–H and O–H groups in total. The summed E-state index contributed by atoms with van der Waals surface area (Å²) in [6, 6.07) is 10.8. The number of ether oxygens (including phenoxy) is 3. The Labute approximate surface area is 164 Å². The summed E-state index contributed by atoms with van der Waals surface area (Å²) < 4.78 is 20.4. The second-order valence-electron chi connectivity index (χ2n) is 5.59. The molecule has 3 rings (SSSR count). The van der Waals surface area contributed by atoms with Crippen LogP contribution in [0.25, 0.3) is 11.3 Å². The van der Waals surface area contributed by atoms with E-state index in [0.717, 1.165) is 0 Å². The zero-order chi connectivity index (χ0) is 20.8. The van der Waals surface area contributed by atoms with E-state index < -0.39 is 17.4 Å². The highest BCUT2D eigenvalue weighted by molar-refractivity contribution is 5.94. The molecule has 1 aromatic heterocycles. The second kappa shape index (κ2) is 8.69. The van der Waals surface area contributed by atoms with Crippen LogP contribution in [0.1, 0.15) is 0 Å². The molecule has 3 aromatic rings. The Morgan fingerprint density at radius 1 is 1.10 bits per heavy atom. The quantitative estimate of drug-likeness (QED) is 0.446. The van der Waals surface area contributed by atoms with Crippen LogP contribution in [0.4, 0.5) is 11.5 Å². The summed E-state index contributed by atoms with van der Waals surface area (Å²) in [5.41, 5.74) is 0.596. The van der Waals surface area contributed by atoms with Crippen LogP contribution in [0.2, 0.25) is 0 Å². The van der Waals surface area contributed by atoms with Crippen LogP contribution in [0.3, 0.4) is 0 Å². The molecule has 0 atom stereocenters. The average Bonchev–Trinajstić information content (AvgIpc) is 3.19. The standard InChI is InChI=1S/C18H16N4O7/c1-26-14-8-7-11(9-15(14)27-2)17-18(21-29-20-17)19-16(23)10-28-13-6-4-3-5-12(13)22(24)25/h3-9H,10H2,1-2H3,(H,19,21,23). The molecule has 0 aliphatic heterocycles. The summed E-state index contributed by atoms with van der Waals surface area (Å²) in [5.74, 6) is 0.432. The van der Waals surface area contributed by atoms with Crippen LogP contribution in [0, 0.1) is 10.1 Å². The van der Waals surface area contributed by atoms with Crippen LogP contribution < -0.4 is 19.5 Å². The number of hydrogen-bond donors (Lipinski definition) is 1. The largest absolute Gasteiger partial charge is 0.493 e. The van der Waals surface area contributed by atoms with E-state index >= 15 is 0 Å². The lowest BCUT2D eigenvalue weighted by Gasteiger charge is -2.09. The molecule has 1 amide bonds. The van der Waals surface area contributed by atoms with E-state index in [4.69, 9.17) is 18.8 Å². The first kappa shape index (κ1) is 19.6. The molecule has 0 saturated carbocycles. The number of rotatable bonds is 8. The molecule has 1 heterocycles. The van der Waals surface area contributed by atoms with Crippen LogP contribution in [0.5, 0.6) is 17.2 Å². The monoisotopic (exact) mass is 400 g/mol. The molecule has 11 heteroatoms. The lowest BCUT2D eigenvalue weighted by Crippen LogP contribution is -2.21. The predicted molar refractivity (Wildman–Crippen MR) is 100 cm³/mol. The summed E-state index contributed by atoms with van der Waals surface area (Å²) in [5, 5.41) is 21.0. The number of amides is 1. The van der Waals surface area contributed by atoms with Gasteiger partial charge in [0, 0.05) is 11.6 Å². The van der Waals surface area contributed by atoms with Gasteiger partial charge in [0.15, 0.2) is 29.5 Å². The fourth-order valence-corrected chi connectivity index (χ4v) is 2.48. The molecule has 0 spiro atoms. The van der Waals surface area contributed by atoms with Crippen molar-refractivity contribution in [3.63, 3.8) is 0 Å². The summed E-state index contributed by atoms with van der Waals surface area (Å²) in [4.78, 5) is 22.6. The van der Waals surface area contributed by atoms with Crippen LogP contribution in [-0.2, 0) is 4.79 Å². The van der Waals surface area contributed by atoms with E-state index in [1.807, 2.05) is 0 Å². The number of para-hydroxylation sites is 2. The summed E-state index contributed by atoms with van der Waals surface area (Å²) >= 11 is 0. The van der Waals surface area contributed by atoms with Crippen molar-refractivity contribution in [3.8, 4) is 28.5 Å². The van der Waals surface area contributed by atoms with E-state index in [-0.39, 0.29) is 22.9 Å². The van der Waals surface area contributed by atoms with Gasteiger partial charge >= 0.3 is 5.69 Å². The first-order valence-electron chi connectivity index (χ1n) is 8.24. The molecule has 11 nitrogen and oxygen atoms in total. The highest BCUT2D eigenvalue weighted by Gasteiger charge is 2.19. The Hall–Kier alpha value is -4.15. The first-order valence-corrected chi connectivity index (χ1v) is 8.24. The van der Waals surface area contributed by atoms with Crippen molar-refractivity contribution in [2.45, 2.75) is 0 Å².